The second-order valence-electron chi connectivity index (χ2n) is 4.23. The van der Waals surface area contributed by atoms with Crippen LogP contribution < -0.4 is 0 Å². The van der Waals surface area contributed by atoms with Crippen molar-refractivity contribution in [2.24, 2.45) is 0 Å². The lowest BCUT2D eigenvalue weighted by molar-refractivity contribution is 0.688. The Labute approximate surface area is 107 Å². The number of hydrogen-bond donors (Lipinski definition) is 0. The first kappa shape index (κ1) is 10.8. The Morgan fingerprint density at radius 3 is 2.39 bits per heavy atom. The molecule has 1 heterocycles. The highest BCUT2D eigenvalue weighted by Crippen LogP contribution is 2.23. The topological polar surface area (TPSA) is 17.8 Å². The standard InChI is InChI=1S/C16H14N2/c1-2-7-14(8-3-1)16-10-5-4-9-15(16)13-18-12-6-11-17-18/h1-12H,13H2. The molecule has 0 unspecified atom stereocenters. The summed E-state index contributed by atoms with van der Waals surface area (Å²) in [6.45, 7) is 0.804. The fraction of sp³-hybridized carbons (Fsp3) is 0.0625. The van der Waals surface area contributed by atoms with Gasteiger partial charge in [0, 0.05) is 12.4 Å². The van der Waals surface area contributed by atoms with Gasteiger partial charge in [0.15, 0.2) is 0 Å². The predicted octanol–water partition coefficient (Wildman–Crippen LogP) is 3.60. The molecule has 18 heavy (non-hydrogen) atoms. The molecule has 0 aliphatic carbocycles. The Kier molecular flexibility index (Phi) is 2.92. The molecule has 0 saturated heterocycles. The molecular weight excluding hydrogens is 220 g/mol. The van der Waals surface area contributed by atoms with Crippen LogP contribution in [-0.4, -0.2) is 9.78 Å². The van der Waals surface area contributed by atoms with Crippen LogP contribution in [0.15, 0.2) is 73.1 Å². The zero-order valence-electron chi connectivity index (χ0n) is 10.0. The van der Waals surface area contributed by atoms with Gasteiger partial charge in [0.2, 0.25) is 0 Å². The van der Waals surface area contributed by atoms with Crippen molar-refractivity contribution in [3.8, 4) is 11.1 Å². The molecule has 0 fully saturated rings. The normalized spacial score (nSPS) is 10.4. The van der Waals surface area contributed by atoms with Crippen LogP contribution in [-0.2, 0) is 6.54 Å². The van der Waals surface area contributed by atoms with E-state index in [0.717, 1.165) is 6.54 Å². The van der Waals surface area contributed by atoms with E-state index in [9.17, 15) is 0 Å². The van der Waals surface area contributed by atoms with E-state index < -0.39 is 0 Å². The molecule has 2 heteroatoms. The second kappa shape index (κ2) is 4.88. The third-order valence-electron chi connectivity index (χ3n) is 2.99. The van der Waals surface area contributed by atoms with E-state index in [1.165, 1.54) is 16.7 Å². The number of rotatable bonds is 3. The third kappa shape index (κ3) is 2.18. The molecule has 0 atom stereocenters. The van der Waals surface area contributed by atoms with Crippen molar-refractivity contribution in [2.75, 3.05) is 0 Å². The summed E-state index contributed by atoms with van der Waals surface area (Å²) in [6.07, 6.45) is 3.80. The zero-order chi connectivity index (χ0) is 12.2. The first-order valence-corrected chi connectivity index (χ1v) is 6.04. The SMILES string of the molecule is c1ccc(-c2ccccc2Cn2cccn2)cc1. The van der Waals surface area contributed by atoms with E-state index in [2.05, 4.69) is 53.6 Å². The van der Waals surface area contributed by atoms with Gasteiger partial charge in [-0.1, -0.05) is 54.6 Å². The first-order valence-electron chi connectivity index (χ1n) is 6.04. The van der Waals surface area contributed by atoms with Crippen molar-refractivity contribution in [3.63, 3.8) is 0 Å². The second-order valence-corrected chi connectivity index (χ2v) is 4.23. The van der Waals surface area contributed by atoms with Crippen LogP contribution in [0.25, 0.3) is 11.1 Å². The van der Waals surface area contributed by atoms with E-state index in [1.807, 2.05) is 29.2 Å². The predicted molar refractivity (Wildman–Crippen MR) is 73.2 cm³/mol. The van der Waals surface area contributed by atoms with Crippen LogP contribution in [0.3, 0.4) is 0 Å². The molecule has 0 aliphatic rings. The average molecular weight is 234 g/mol. The first-order chi connectivity index (χ1) is 8.93. The maximum Gasteiger partial charge on any atom is 0.0665 e. The largest absolute Gasteiger partial charge is 0.268 e. The van der Waals surface area contributed by atoms with Gasteiger partial charge in [-0.2, -0.15) is 5.10 Å². The Hall–Kier alpha value is -2.35. The molecule has 0 spiro atoms. The molecular formula is C16H14N2. The van der Waals surface area contributed by atoms with Crippen molar-refractivity contribution in [1.29, 1.82) is 0 Å². The van der Waals surface area contributed by atoms with Crippen LogP contribution in [0.2, 0.25) is 0 Å². The molecule has 1 aromatic heterocycles. The Morgan fingerprint density at radius 1 is 0.833 bits per heavy atom. The van der Waals surface area contributed by atoms with Gasteiger partial charge in [0.1, 0.15) is 0 Å². The molecule has 0 bridgehead atoms. The zero-order valence-corrected chi connectivity index (χ0v) is 10.0. The summed E-state index contributed by atoms with van der Waals surface area (Å²) < 4.78 is 1.95. The molecule has 3 rings (SSSR count). The Bertz CT molecular complexity index is 613. The molecule has 0 amide bonds. The number of benzene rings is 2. The fourth-order valence-corrected chi connectivity index (χ4v) is 2.13. The summed E-state index contributed by atoms with van der Waals surface area (Å²) in [5, 5.41) is 4.26. The number of nitrogens with zero attached hydrogens (tertiary/aromatic N) is 2. The van der Waals surface area contributed by atoms with Crippen LogP contribution in [0.1, 0.15) is 5.56 Å². The maximum atomic E-state index is 4.26. The van der Waals surface area contributed by atoms with Gasteiger partial charge in [-0.15, -0.1) is 0 Å². The maximum absolute atomic E-state index is 4.26. The van der Waals surface area contributed by atoms with Gasteiger partial charge in [-0.3, -0.25) is 4.68 Å². The molecule has 3 aromatic rings. The summed E-state index contributed by atoms with van der Waals surface area (Å²) >= 11 is 0. The summed E-state index contributed by atoms with van der Waals surface area (Å²) in [5.74, 6) is 0. The summed E-state index contributed by atoms with van der Waals surface area (Å²) in [6, 6.07) is 20.9. The van der Waals surface area contributed by atoms with Crippen molar-refractivity contribution in [2.45, 2.75) is 6.54 Å². The molecule has 2 aromatic carbocycles. The Morgan fingerprint density at radius 2 is 1.61 bits per heavy atom. The summed E-state index contributed by atoms with van der Waals surface area (Å²) in [5.41, 5.74) is 3.81. The fourth-order valence-electron chi connectivity index (χ4n) is 2.13. The lowest BCUT2D eigenvalue weighted by Crippen LogP contribution is -2.01. The monoisotopic (exact) mass is 234 g/mol. The highest BCUT2D eigenvalue weighted by Gasteiger charge is 2.04. The average Bonchev–Trinajstić information content (AvgIpc) is 2.93. The highest BCUT2D eigenvalue weighted by atomic mass is 15.3. The molecule has 0 radical (unpaired) electrons. The quantitative estimate of drug-likeness (QED) is 0.677. The van der Waals surface area contributed by atoms with Gasteiger partial charge in [-0.05, 0) is 22.8 Å². The van der Waals surface area contributed by atoms with Gasteiger partial charge >= 0.3 is 0 Å². The number of hydrogen-bond acceptors (Lipinski definition) is 1. The van der Waals surface area contributed by atoms with E-state index in [0.29, 0.717) is 0 Å². The molecule has 0 saturated carbocycles. The van der Waals surface area contributed by atoms with Crippen molar-refractivity contribution in [3.05, 3.63) is 78.6 Å². The molecule has 0 N–H and O–H groups in total. The highest BCUT2D eigenvalue weighted by molar-refractivity contribution is 5.67. The van der Waals surface area contributed by atoms with Gasteiger partial charge in [-0.25, -0.2) is 0 Å². The van der Waals surface area contributed by atoms with Crippen molar-refractivity contribution in [1.82, 2.24) is 9.78 Å². The lowest BCUT2D eigenvalue weighted by atomic mass is 10.00. The Balaban J connectivity index is 2.00. The third-order valence-corrected chi connectivity index (χ3v) is 2.99. The van der Waals surface area contributed by atoms with Crippen LogP contribution in [0, 0.1) is 0 Å². The molecule has 0 aliphatic heterocycles. The van der Waals surface area contributed by atoms with Gasteiger partial charge in [0.25, 0.3) is 0 Å². The van der Waals surface area contributed by atoms with Gasteiger partial charge in [0.05, 0.1) is 6.54 Å². The summed E-state index contributed by atoms with van der Waals surface area (Å²) in [4.78, 5) is 0. The van der Waals surface area contributed by atoms with E-state index in [-0.39, 0.29) is 0 Å². The number of aromatic nitrogens is 2. The van der Waals surface area contributed by atoms with Crippen LogP contribution >= 0.6 is 0 Å². The van der Waals surface area contributed by atoms with Crippen molar-refractivity contribution >= 4 is 0 Å². The van der Waals surface area contributed by atoms with Crippen molar-refractivity contribution < 1.29 is 0 Å². The minimum absolute atomic E-state index is 0.804. The van der Waals surface area contributed by atoms with E-state index >= 15 is 0 Å². The minimum Gasteiger partial charge on any atom is -0.268 e. The van der Waals surface area contributed by atoms with Crippen LogP contribution in [0.5, 0.6) is 0 Å². The molecule has 88 valence electrons. The van der Waals surface area contributed by atoms with E-state index in [1.54, 1.807) is 0 Å². The van der Waals surface area contributed by atoms with E-state index in [4.69, 9.17) is 0 Å². The minimum atomic E-state index is 0.804. The van der Waals surface area contributed by atoms with Crippen LogP contribution in [0.4, 0.5) is 0 Å². The summed E-state index contributed by atoms with van der Waals surface area (Å²) in [7, 11) is 0. The smallest absolute Gasteiger partial charge is 0.0665 e. The lowest BCUT2D eigenvalue weighted by Gasteiger charge is -2.09. The van der Waals surface area contributed by atoms with Gasteiger partial charge < -0.3 is 0 Å². The molecule has 2 nitrogen and oxygen atoms in total.